The summed E-state index contributed by atoms with van der Waals surface area (Å²) in [6.07, 6.45) is 2.85. The second kappa shape index (κ2) is 6.03. The van der Waals surface area contributed by atoms with Crippen molar-refractivity contribution in [2.75, 3.05) is 19.6 Å². The molecule has 0 saturated carbocycles. The van der Waals surface area contributed by atoms with E-state index < -0.39 is 6.04 Å². The second-order valence-corrected chi connectivity index (χ2v) is 6.23. The van der Waals surface area contributed by atoms with Gasteiger partial charge in [0.25, 0.3) is 0 Å². The van der Waals surface area contributed by atoms with Crippen LogP contribution in [0.1, 0.15) is 18.4 Å². The van der Waals surface area contributed by atoms with Gasteiger partial charge in [-0.25, -0.2) is 0 Å². The van der Waals surface area contributed by atoms with E-state index in [2.05, 4.69) is 10.2 Å². The van der Waals surface area contributed by atoms with Gasteiger partial charge >= 0.3 is 0 Å². The van der Waals surface area contributed by atoms with Crippen LogP contribution in [0.5, 0.6) is 5.75 Å². The van der Waals surface area contributed by atoms with Crippen LogP contribution in [-0.4, -0.2) is 47.6 Å². The number of carbonyl (C=O) groups is 1. The van der Waals surface area contributed by atoms with Crippen LogP contribution in [0.25, 0.3) is 0 Å². The Morgan fingerprint density at radius 1 is 1.33 bits per heavy atom. The number of nitrogens with zero attached hydrogens (tertiary/aromatic N) is 1. The first kappa shape index (κ1) is 14.4. The quantitative estimate of drug-likeness (QED) is 0.753. The summed E-state index contributed by atoms with van der Waals surface area (Å²) in [5, 5.41) is 12.4. The van der Waals surface area contributed by atoms with Crippen LogP contribution in [0, 0.1) is 5.92 Å². The van der Waals surface area contributed by atoms with Gasteiger partial charge in [0.2, 0.25) is 5.91 Å². The molecule has 0 aliphatic carbocycles. The molecule has 3 saturated heterocycles. The molecular weight excluding hydrogens is 266 g/mol. The minimum Gasteiger partial charge on any atom is -0.508 e. The highest BCUT2D eigenvalue weighted by molar-refractivity contribution is 5.82. The van der Waals surface area contributed by atoms with Crippen molar-refractivity contribution in [2.45, 2.75) is 31.3 Å². The number of aromatic hydroxyl groups is 1. The summed E-state index contributed by atoms with van der Waals surface area (Å²) in [7, 11) is 0. The van der Waals surface area contributed by atoms with Crippen molar-refractivity contribution in [1.29, 1.82) is 0 Å². The molecule has 114 valence electrons. The Hall–Kier alpha value is -1.59. The van der Waals surface area contributed by atoms with E-state index in [0.29, 0.717) is 12.3 Å². The molecule has 5 heteroatoms. The Morgan fingerprint density at radius 3 is 2.57 bits per heavy atom. The molecule has 0 radical (unpaired) electrons. The molecule has 1 aromatic carbocycles. The van der Waals surface area contributed by atoms with Crippen molar-refractivity contribution < 1.29 is 9.90 Å². The fourth-order valence-electron chi connectivity index (χ4n) is 3.40. The van der Waals surface area contributed by atoms with Crippen LogP contribution < -0.4 is 11.1 Å². The van der Waals surface area contributed by atoms with Crippen LogP contribution in [0.3, 0.4) is 0 Å². The maximum absolute atomic E-state index is 12.3. The normalized spacial score (nSPS) is 29.1. The number of fused-ring (bicyclic) bond motifs is 3. The number of rotatable bonds is 4. The summed E-state index contributed by atoms with van der Waals surface area (Å²) in [4.78, 5) is 14.7. The Morgan fingerprint density at radius 2 is 2.00 bits per heavy atom. The fourth-order valence-corrected chi connectivity index (χ4v) is 3.40. The van der Waals surface area contributed by atoms with Crippen molar-refractivity contribution in [2.24, 2.45) is 11.7 Å². The van der Waals surface area contributed by atoms with Crippen LogP contribution >= 0.6 is 0 Å². The third-order valence-corrected chi connectivity index (χ3v) is 4.71. The molecule has 4 N–H and O–H groups in total. The molecule has 1 amide bonds. The second-order valence-electron chi connectivity index (χ2n) is 6.23. The molecule has 5 nitrogen and oxygen atoms in total. The lowest BCUT2D eigenvalue weighted by Gasteiger charge is -2.45. The molecule has 0 spiro atoms. The average molecular weight is 289 g/mol. The topological polar surface area (TPSA) is 78.6 Å². The third-order valence-electron chi connectivity index (χ3n) is 4.71. The predicted molar refractivity (Wildman–Crippen MR) is 80.9 cm³/mol. The van der Waals surface area contributed by atoms with Gasteiger partial charge < -0.3 is 21.1 Å². The molecule has 2 atom stereocenters. The van der Waals surface area contributed by atoms with E-state index in [1.807, 2.05) is 0 Å². The minimum absolute atomic E-state index is 0.0678. The van der Waals surface area contributed by atoms with E-state index in [4.69, 9.17) is 5.73 Å². The van der Waals surface area contributed by atoms with Gasteiger partial charge in [-0.1, -0.05) is 12.1 Å². The Balaban J connectivity index is 1.54. The highest BCUT2D eigenvalue weighted by Gasteiger charge is 2.35. The smallest absolute Gasteiger partial charge is 0.237 e. The summed E-state index contributed by atoms with van der Waals surface area (Å²) in [6.45, 7) is 3.29. The number of nitrogens with two attached hydrogens (primary N) is 1. The number of nitrogens with one attached hydrogen (secondary N) is 1. The first-order valence-electron chi connectivity index (χ1n) is 7.68. The molecule has 3 heterocycles. The van der Waals surface area contributed by atoms with Gasteiger partial charge in [-0.15, -0.1) is 0 Å². The summed E-state index contributed by atoms with van der Waals surface area (Å²) < 4.78 is 0. The highest BCUT2D eigenvalue weighted by atomic mass is 16.3. The lowest BCUT2D eigenvalue weighted by molar-refractivity contribution is -0.124. The van der Waals surface area contributed by atoms with Crippen molar-refractivity contribution >= 4 is 5.91 Å². The molecule has 0 aromatic heterocycles. The molecule has 1 aromatic rings. The zero-order valence-corrected chi connectivity index (χ0v) is 12.2. The maximum atomic E-state index is 12.3. The minimum atomic E-state index is -0.537. The van der Waals surface area contributed by atoms with Gasteiger partial charge in [0.15, 0.2) is 0 Å². The number of amides is 1. The molecule has 1 unspecified atom stereocenters. The van der Waals surface area contributed by atoms with Gasteiger partial charge in [0.05, 0.1) is 6.04 Å². The van der Waals surface area contributed by atoms with Gasteiger partial charge in [-0.05, 0) is 56.0 Å². The largest absolute Gasteiger partial charge is 0.508 e. The molecule has 3 aliphatic rings. The van der Waals surface area contributed by atoms with Crippen molar-refractivity contribution in [3.8, 4) is 5.75 Å². The first-order valence-corrected chi connectivity index (χ1v) is 7.68. The van der Waals surface area contributed by atoms with Gasteiger partial charge in [-0.3, -0.25) is 4.79 Å². The molecule has 4 rings (SSSR count). The molecule has 3 fully saturated rings. The van der Waals surface area contributed by atoms with Gasteiger partial charge in [0.1, 0.15) is 5.75 Å². The first-order chi connectivity index (χ1) is 10.1. The third kappa shape index (κ3) is 3.36. The number of phenolic OH excluding ortho intramolecular Hbond substituents is 1. The lowest BCUT2D eigenvalue weighted by atomic mass is 9.84. The summed E-state index contributed by atoms with van der Waals surface area (Å²) in [5.41, 5.74) is 6.98. The number of piperidine rings is 3. The zero-order valence-electron chi connectivity index (χ0n) is 12.2. The van der Waals surface area contributed by atoms with Crippen molar-refractivity contribution in [3.63, 3.8) is 0 Å². The van der Waals surface area contributed by atoms with E-state index >= 15 is 0 Å². The Kier molecular flexibility index (Phi) is 4.12. The summed E-state index contributed by atoms with van der Waals surface area (Å²) in [6, 6.07) is 6.56. The van der Waals surface area contributed by atoms with E-state index in [0.717, 1.165) is 25.2 Å². The van der Waals surface area contributed by atoms with E-state index in [-0.39, 0.29) is 17.7 Å². The van der Waals surface area contributed by atoms with Crippen LogP contribution in [0.15, 0.2) is 24.3 Å². The number of carbonyl (C=O) groups excluding carboxylic acids is 1. The number of benzene rings is 1. The fraction of sp³-hybridized carbons (Fsp3) is 0.562. The number of hydrogen-bond donors (Lipinski definition) is 3. The van der Waals surface area contributed by atoms with Crippen molar-refractivity contribution in [3.05, 3.63) is 29.8 Å². The number of hydrogen-bond acceptors (Lipinski definition) is 4. The summed E-state index contributed by atoms with van der Waals surface area (Å²) >= 11 is 0. The predicted octanol–water partition coefficient (Wildman–Crippen LogP) is 0.472. The lowest BCUT2D eigenvalue weighted by Crippen LogP contribution is -2.59. The standard InChI is InChI=1S/C16H23N3O2/c17-14(9-11-1-3-13(20)4-2-11)16(21)18-15-10-19-7-5-12(15)6-8-19/h1-4,12,14-15,20H,5-10,17H2,(H,18,21)/t14-,15?/m1/s1. The summed E-state index contributed by atoms with van der Waals surface area (Å²) in [5.74, 6) is 0.769. The van der Waals surface area contributed by atoms with E-state index in [1.54, 1.807) is 24.3 Å². The molecular formula is C16H23N3O2. The monoisotopic (exact) mass is 289 g/mol. The highest BCUT2D eigenvalue weighted by Crippen LogP contribution is 2.27. The Bertz CT molecular complexity index is 495. The average Bonchev–Trinajstić information content (AvgIpc) is 2.50. The van der Waals surface area contributed by atoms with Crippen LogP contribution in [-0.2, 0) is 11.2 Å². The van der Waals surface area contributed by atoms with Crippen molar-refractivity contribution in [1.82, 2.24) is 10.2 Å². The Labute approximate surface area is 125 Å². The van der Waals surface area contributed by atoms with E-state index in [1.165, 1.54) is 12.8 Å². The molecule has 2 bridgehead atoms. The molecule has 3 aliphatic heterocycles. The van der Waals surface area contributed by atoms with Crippen LogP contribution in [0.4, 0.5) is 0 Å². The number of phenols is 1. The van der Waals surface area contributed by atoms with Gasteiger partial charge in [-0.2, -0.15) is 0 Å². The van der Waals surface area contributed by atoms with Crippen LogP contribution in [0.2, 0.25) is 0 Å². The van der Waals surface area contributed by atoms with E-state index in [9.17, 15) is 9.90 Å². The maximum Gasteiger partial charge on any atom is 0.237 e. The molecule has 21 heavy (non-hydrogen) atoms. The van der Waals surface area contributed by atoms with Gasteiger partial charge in [0, 0.05) is 12.6 Å². The SMILES string of the molecule is N[C@H](Cc1ccc(O)cc1)C(=O)NC1CN2CCC1CC2. The zero-order chi connectivity index (χ0) is 14.8.